The molecule has 1 unspecified atom stereocenters. The molecule has 7 nitrogen and oxygen atoms in total. The molecule has 1 N–H and O–H groups in total. The summed E-state index contributed by atoms with van der Waals surface area (Å²) in [7, 11) is 0. The Kier molecular flexibility index (Phi) is 3.96. The van der Waals surface area contributed by atoms with E-state index in [9.17, 15) is 18.0 Å². The van der Waals surface area contributed by atoms with Gasteiger partial charge in [0.25, 0.3) is 0 Å². The molecule has 0 bridgehead atoms. The van der Waals surface area contributed by atoms with E-state index in [0.29, 0.717) is 11.6 Å². The molecule has 32 heavy (non-hydrogen) atoms. The number of nitrogens with one attached hydrogen (secondary N) is 1. The van der Waals surface area contributed by atoms with Crippen molar-refractivity contribution in [2.45, 2.75) is 25.2 Å². The van der Waals surface area contributed by atoms with E-state index in [1.165, 1.54) is 0 Å². The summed E-state index contributed by atoms with van der Waals surface area (Å²) in [5.41, 5.74) is 3.98. The molecule has 4 heterocycles. The fraction of sp³-hybridized carbons (Fsp3) is 0.273. The highest BCUT2D eigenvalue weighted by atomic mass is 19.4. The van der Waals surface area contributed by atoms with Gasteiger partial charge in [-0.2, -0.15) is 9.78 Å². The number of benzene rings is 1. The highest BCUT2D eigenvalue weighted by Crippen LogP contribution is 2.54. The lowest BCUT2D eigenvalue weighted by molar-refractivity contribution is -0.212. The van der Waals surface area contributed by atoms with Crippen LogP contribution in [0.5, 0.6) is 0 Å². The van der Waals surface area contributed by atoms with Crippen LogP contribution >= 0.6 is 0 Å². The van der Waals surface area contributed by atoms with Crippen LogP contribution in [0.2, 0.25) is 0 Å². The Bertz CT molecular complexity index is 1320. The number of alkyl halides is 3. The first-order valence-corrected chi connectivity index (χ1v) is 10.2. The summed E-state index contributed by atoms with van der Waals surface area (Å²) >= 11 is 0. The molecule has 1 aliphatic heterocycles. The highest BCUT2D eigenvalue weighted by Gasteiger charge is 2.55. The Labute approximate surface area is 179 Å². The normalized spacial score (nSPS) is 21.2. The van der Waals surface area contributed by atoms with Gasteiger partial charge in [0.05, 0.1) is 41.2 Å². The van der Waals surface area contributed by atoms with Crippen LogP contribution in [0, 0.1) is 11.8 Å². The number of anilines is 1. The Morgan fingerprint density at radius 2 is 1.91 bits per heavy atom. The van der Waals surface area contributed by atoms with Gasteiger partial charge in [0.15, 0.2) is 0 Å². The van der Waals surface area contributed by atoms with Gasteiger partial charge >= 0.3 is 6.30 Å². The van der Waals surface area contributed by atoms with E-state index in [1.807, 2.05) is 24.3 Å². The number of aromatic nitrogens is 5. The number of imidazole rings is 1. The van der Waals surface area contributed by atoms with Crippen molar-refractivity contribution in [1.29, 1.82) is 0 Å². The molecule has 4 aromatic rings. The average molecular weight is 438 g/mol. The van der Waals surface area contributed by atoms with Gasteiger partial charge in [-0.3, -0.25) is 9.78 Å². The SMILES string of the molecule is O=C1C(C2CC2)[C@@H](c2ccc(-c3cnn(C(F)(F)F)c3)nc2)N1c1ccc2nc[nH]c2c1. The lowest BCUT2D eigenvalue weighted by atomic mass is 9.79. The number of aromatic amines is 1. The molecule has 1 saturated carbocycles. The third kappa shape index (κ3) is 2.97. The van der Waals surface area contributed by atoms with E-state index >= 15 is 0 Å². The van der Waals surface area contributed by atoms with Gasteiger partial charge in [0.1, 0.15) is 0 Å². The van der Waals surface area contributed by atoms with Crippen molar-refractivity contribution in [2.75, 3.05) is 4.90 Å². The highest BCUT2D eigenvalue weighted by molar-refractivity contribution is 6.04. The number of nitrogens with zero attached hydrogens (tertiary/aromatic N) is 5. The molecule has 2 atom stereocenters. The van der Waals surface area contributed by atoms with E-state index < -0.39 is 6.30 Å². The summed E-state index contributed by atoms with van der Waals surface area (Å²) < 4.78 is 38.4. The summed E-state index contributed by atoms with van der Waals surface area (Å²) in [5, 5.41) is 3.37. The minimum absolute atomic E-state index is 0.0427. The second-order valence-corrected chi connectivity index (χ2v) is 8.24. The molecule has 1 saturated heterocycles. The molecule has 1 aliphatic carbocycles. The summed E-state index contributed by atoms with van der Waals surface area (Å²) in [6.45, 7) is 0. The van der Waals surface area contributed by atoms with Crippen molar-refractivity contribution in [3.63, 3.8) is 0 Å². The maximum atomic E-state index is 13.0. The van der Waals surface area contributed by atoms with Gasteiger partial charge < -0.3 is 9.88 Å². The van der Waals surface area contributed by atoms with E-state index in [2.05, 4.69) is 20.1 Å². The molecule has 2 aliphatic rings. The van der Waals surface area contributed by atoms with E-state index in [1.54, 1.807) is 23.5 Å². The number of carbonyl (C=O) groups excluding carboxylic acids is 1. The van der Waals surface area contributed by atoms with Crippen LogP contribution < -0.4 is 4.90 Å². The standard InChI is InChI=1S/C22H17F3N6O/c23-22(24,25)30-10-14(9-29-30)16-5-3-13(8-26-16)20-19(12-1-2-12)21(32)31(20)15-4-6-17-18(7-15)28-11-27-17/h3-12,19-20H,1-2H2,(H,27,28)/t19?,20-/m1/s1. The lowest BCUT2D eigenvalue weighted by Crippen LogP contribution is -2.56. The van der Waals surface area contributed by atoms with Crippen LogP contribution in [0.1, 0.15) is 24.4 Å². The maximum Gasteiger partial charge on any atom is 0.504 e. The largest absolute Gasteiger partial charge is 0.504 e. The number of hydrogen-bond donors (Lipinski definition) is 1. The average Bonchev–Trinajstić information content (AvgIpc) is 3.26. The van der Waals surface area contributed by atoms with Gasteiger partial charge in [-0.05, 0) is 48.6 Å². The first-order valence-electron chi connectivity index (χ1n) is 10.2. The van der Waals surface area contributed by atoms with Crippen molar-refractivity contribution in [3.8, 4) is 11.3 Å². The third-order valence-electron chi connectivity index (χ3n) is 6.22. The number of H-pyrrole nitrogens is 1. The summed E-state index contributed by atoms with van der Waals surface area (Å²) in [6.07, 6.45) is 2.80. The molecular formula is C22H17F3N6O. The molecule has 3 aromatic heterocycles. The minimum Gasteiger partial charge on any atom is -0.345 e. The first kappa shape index (κ1) is 19.0. The number of β-lactam (4-membered cyclic amide) rings is 1. The lowest BCUT2D eigenvalue weighted by Gasteiger charge is -2.47. The molecule has 1 amide bonds. The Morgan fingerprint density at radius 3 is 2.59 bits per heavy atom. The topological polar surface area (TPSA) is 79.7 Å². The Hall–Kier alpha value is -3.69. The molecule has 10 heteroatoms. The van der Waals surface area contributed by atoms with Gasteiger partial charge in [0.2, 0.25) is 5.91 Å². The maximum absolute atomic E-state index is 13.0. The molecule has 162 valence electrons. The summed E-state index contributed by atoms with van der Waals surface area (Å²) in [6, 6.07) is 9.01. The zero-order valence-electron chi connectivity index (χ0n) is 16.6. The van der Waals surface area contributed by atoms with Crippen molar-refractivity contribution in [1.82, 2.24) is 24.7 Å². The van der Waals surface area contributed by atoms with Crippen molar-refractivity contribution >= 4 is 22.6 Å². The third-order valence-corrected chi connectivity index (χ3v) is 6.22. The predicted molar refractivity (Wildman–Crippen MR) is 109 cm³/mol. The molecular weight excluding hydrogens is 421 g/mol. The zero-order chi connectivity index (χ0) is 22.0. The number of hydrogen-bond acceptors (Lipinski definition) is 4. The van der Waals surface area contributed by atoms with Crippen LogP contribution in [-0.2, 0) is 11.1 Å². The summed E-state index contributed by atoms with van der Waals surface area (Å²) in [4.78, 5) is 26.5. The fourth-order valence-corrected chi connectivity index (χ4v) is 4.49. The fourth-order valence-electron chi connectivity index (χ4n) is 4.49. The molecule has 0 radical (unpaired) electrons. The number of pyridine rings is 1. The van der Waals surface area contributed by atoms with Gasteiger partial charge in [-0.15, -0.1) is 13.2 Å². The van der Waals surface area contributed by atoms with Crippen molar-refractivity contribution in [3.05, 3.63) is 60.8 Å². The second kappa shape index (κ2) is 6.65. The van der Waals surface area contributed by atoms with Crippen LogP contribution in [0.4, 0.5) is 18.9 Å². The Balaban J connectivity index is 1.33. The number of halogens is 3. The predicted octanol–water partition coefficient (Wildman–Crippen LogP) is 4.41. The number of carbonyl (C=O) groups is 1. The van der Waals surface area contributed by atoms with Crippen LogP contribution in [-0.4, -0.2) is 30.6 Å². The van der Waals surface area contributed by atoms with Crippen molar-refractivity contribution < 1.29 is 18.0 Å². The first-order chi connectivity index (χ1) is 15.4. The monoisotopic (exact) mass is 438 g/mol. The molecule has 1 aromatic carbocycles. The van der Waals surface area contributed by atoms with Gasteiger partial charge in [-0.25, -0.2) is 4.98 Å². The zero-order valence-corrected chi connectivity index (χ0v) is 16.6. The van der Waals surface area contributed by atoms with E-state index in [-0.39, 0.29) is 28.1 Å². The minimum atomic E-state index is -4.57. The van der Waals surface area contributed by atoms with Crippen molar-refractivity contribution in [2.24, 2.45) is 11.8 Å². The van der Waals surface area contributed by atoms with Gasteiger partial charge in [0, 0.05) is 23.6 Å². The van der Waals surface area contributed by atoms with Gasteiger partial charge in [-0.1, -0.05) is 6.07 Å². The second-order valence-electron chi connectivity index (χ2n) is 8.24. The molecule has 6 rings (SSSR count). The van der Waals surface area contributed by atoms with E-state index in [4.69, 9.17) is 0 Å². The number of rotatable bonds is 4. The van der Waals surface area contributed by atoms with Crippen LogP contribution in [0.15, 0.2) is 55.2 Å². The number of amides is 1. The summed E-state index contributed by atoms with van der Waals surface area (Å²) in [5.74, 6) is 0.351. The Morgan fingerprint density at radius 1 is 1.06 bits per heavy atom. The van der Waals surface area contributed by atoms with E-state index in [0.717, 1.165) is 47.5 Å². The molecule has 0 spiro atoms. The number of fused-ring (bicyclic) bond motifs is 1. The van der Waals surface area contributed by atoms with Crippen LogP contribution in [0.3, 0.4) is 0 Å². The smallest absolute Gasteiger partial charge is 0.345 e. The quantitative estimate of drug-likeness (QED) is 0.479. The molecule has 2 fully saturated rings. The van der Waals surface area contributed by atoms with Crippen LogP contribution in [0.25, 0.3) is 22.3 Å².